The van der Waals surface area contributed by atoms with Crippen molar-refractivity contribution < 1.29 is 14.3 Å². The van der Waals surface area contributed by atoms with E-state index in [4.69, 9.17) is 9.47 Å². The van der Waals surface area contributed by atoms with Crippen molar-refractivity contribution in [2.24, 2.45) is 0 Å². The summed E-state index contributed by atoms with van der Waals surface area (Å²) in [4.78, 5) is 16.7. The lowest BCUT2D eigenvalue weighted by Crippen LogP contribution is -2.15. The minimum atomic E-state index is -0.170. The number of nitrogens with zero attached hydrogens (tertiary/aromatic N) is 4. The fourth-order valence-corrected chi connectivity index (χ4v) is 3.96. The second-order valence-electron chi connectivity index (χ2n) is 6.84. The van der Waals surface area contributed by atoms with E-state index in [0.29, 0.717) is 29.0 Å². The highest BCUT2D eigenvalue weighted by Gasteiger charge is 2.18. The van der Waals surface area contributed by atoms with E-state index >= 15 is 0 Å². The predicted octanol–water partition coefficient (Wildman–Crippen LogP) is 4.47. The maximum Gasteiger partial charge on any atom is 0.234 e. The van der Waals surface area contributed by atoms with Crippen molar-refractivity contribution in [1.29, 1.82) is 0 Å². The number of carbonyl (C=O) groups excluding carboxylic acids is 1. The van der Waals surface area contributed by atoms with Crippen molar-refractivity contribution in [2.75, 3.05) is 24.8 Å². The Kier molecular flexibility index (Phi) is 7.21. The lowest BCUT2D eigenvalue weighted by Gasteiger charge is -2.12. The number of amides is 1. The molecular weight excluding hydrogens is 438 g/mol. The first-order valence-corrected chi connectivity index (χ1v) is 11.3. The summed E-state index contributed by atoms with van der Waals surface area (Å²) in [5.74, 6) is 2.03. The highest BCUT2D eigenvalue weighted by molar-refractivity contribution is 7.99. The first-order valence-electron chi connectivity index (χ1n) is 10.3. The maximum atomic E-state index is 12.6. The molecule has 0 unspecified atom stereocenters. The second-order valence-corrected chi connectivity index (χ2v) is 7.78. The number of rotatable bonds is 9. The Balaban J connectivity index is 1.59. The molecule has 1 N–H and O–H groups in total. The van der Waals surface area contributed by atoms with E-state index in [1.165, 1.54) is 11.8 Å². The van der Waals surface area contributed by atoms with E-state index in [1.54, 1.807) is 31.6 Å². The Morgan fingerprint density at radius 1 is 1.03 bits per heavy atom. The van der Waals surface area contributed by atoms with Crippen molar-refractivity contribution in [3.63, 3.8) is 0 Å². The van der Waals surface area contributed by atoms with Gasteiger partial charge in [-0.15, -0.1) is 10.2 Å². The minimum Gasteiger partial charge on any atom is -0.495 e. The standard InChI is InChI=1S/C24H23N5O3S/c1-3-32-19-10-8-18(9-11-19)29-23(17-12-14-25-15-13-17)27-28-24(29)33-16-22(30)26-20-6-4-5-7-21(20)31-2/h4-15H,3,16H2,1-2H3,(H,26,30). The number of para-hydroxylation sites is 2. The predicted molar refractivity (Wildman–Crippen MR) is 128 cm³/mol. The Morgan fingerprint density at radius 3 is 2.52 bits per heavy atom. The van der Waals surface area contributed by atoms with Crippen LogP contribution in [0.25, 0.3) is 17.1 Å². The van der Waals surface area contributed by atoms with Gasteiger partial charge in [-0.2, -0.15) is 0 Å². The highest BCUT2D eigenvalue weighted by Crippen LogP contribution is 2.29. The number of aromatic nitrogens is 4. The van der Waals surface area contributed by atoms with Crippen LogP contribution in [-0.2, 0) is 4.79 Å². The number of thioether (sulfide) groups is 1. The van der Waals surface area contributed by atoms with Gasteiger partial charge in [0.15, 0.2) is 11.0 Å². The van der Waals surface area contributed by atoms with Crippen molar-refractivity contribution in [2.45, 2.75) is 12.1 Å². The molecule has 0 saturated heterocycles. The molecule has 0 atom stereocenters. The normalized spacial score (nSPS) is 10.6. The van der Waals surface area contributed by atoms with Gasteiger partial charge in [0.2, 0.25) is 5.91 Å². The Morgan fingerprint density at radius 2 is 1.79 bits per heavy atom. The molecule has 0 bridgehead atoms. The average molecular weight is 462 g/mol. The molecule has 4 rings (SSSR count). The number of ether oxygens (including phenoxy) is 2. The van der Waals surface area contributed by atoms with Gasteiger partial charge >= 0.3 is 0 Å². The number of methoxy groups -OCH3 is 1. The third-order valence-electron chi connectivity index (χ3n) is 4.69. The van der Waals surface area contributed by atoms with Gasteiger partial charge in [-0.3, -0.25) is 14.3 Å². The van der Waals surface area contributed by atoms with Crippen LogP contribution >= 0.6 is 11.8 Å². The van der Waals surface area contributed by atoms with E-state index in [2.05, 4.69) is 20.5 Å². The smallest absolute Gasteiger partial charge is 0.234 e. The van der Waals surface area contributed by atoms with Crippen molar-refractivity contribution >= 4 is 23.4 Å². The molecule has 0 spiro atoms. The molecule has 8 nitrogen and oxygen atoms in total. The monoisotopic (exact) mass is 461 g/mol. The number of benzene rings is 2. The van der Waals surface area contributed by atoms with Crippen LogP contribution in [0, 0.1) is 0 Å². The number of pyridine rings is 1. The topological polar surface area (TPSA) is 91.2 Å². The molecule has 2 heterocycles. The summed E-state index contributed by atoms with van der Waals surface area (Å²) in [5.41, 5.74) is 2.36. The van der Waals surface area contributed by atoms with Crippen LogP contribution in [-0.4, -0.2) is 45.1 Å². The van der Waals surface area contributed by atoms with E-state index < -0.39 is 0 Å². The molecule has 0 aliphatic rings. The van der Waals surface area contributed by atoms with Gasteiger partial charge in [0.1, 0.15) is 11.5 Å². The van der Waals surface area contributed by atoms with Gasteiger partial charge in [-0.25, -0.2) is 0 Å². The van der Waals surface area contributed by atoms with Crippen molar-refractivity contribution in [1.82, 2.24) is 19.7 Å². The van der Waals surface area contributed by atoms with Gasteiger partial charge in [0, 0.05) is 23.6 Å². The molecule has 2 aromatic heterocycles. The van der Waals surface area contributed by atoms with E-state index in [0.717, 1.165) is 17.0 Å². The van der Waals surface area contributed by atoms with Gasteiger partial charge < -0.3 is 14.8 Å². The van der Waals surface area contributed by atoms with Crippen LogP contribution < -0.4 is 14.8 Å². The molecule has 0 fully saturated rings. The summed E-state index contributed by atoms with van der Waals surface area (Å²) >= 11 is 1.30. The molecular formula is C24H23N5O3S. The Hall–Kier alpha value is -3.85. The molecule has 33 heavy (non-hydrogen) atoms. The van der Waals surface area contributed by atoms with E-state index in [-0.39, 0.29) is 11.7 Å². The van der Waals surface area contributed by atoms with Crippen molar-refractivity contribution in [3.8, 4) is 28.6 Å². The fourth-order valence-electron chi connectivity index (χ4n) is 3.21. The summed E-state index contributed by atoms with van der Waals surface area (Å²) in [5, 5.41) is 12.2. The molecule has 9 heteroatoms. The quantitative estimate of drug-likeness (QED) is 0.368. The maximum absolute atomic E-state index is 12.6. The van der Waals surface area contributed by atoms with Gasteiger partial charge in [0.25, 0.3) is 0 Å². The van der Waals surface area contributed by atoms with E-state index in [1.807, 2.05) is 60.0 Å². The zero-order valence-corrected chi connectivity index (χ0v) is 19.1. The van der Waals surface area contributed by atoms with Gasteiger partial charge in [-0.1, -0.05) is 23.9 Å². The third kappa shape index (κ3) is 5.32. The zero-order valence-electron chi connectivity index (χ0n) is 18.3. The van der Waals surface area contributed by atoms with Crippen LogP contribution in [0.1, 0.15) is 6.92 Å². The molecule has 0 aliphatic heterocycles. The molecule has 2 aromatic carbocycles. The Labute approximate surface area is 196 Å². The minimum absolute atomic E-state index is 0.156. The number of hydrogen-bond donors (Lipinski definition) is 1. The zero-order chi connectivity index (χ0) is 23.0. The third-order valence-corrected chi connectivity index (χ3v) is 5.62. The van der Waals surface area contributed by atoms with Gasteiger partial charge in [-0.05, 0) is 55.5 Å². The molecule has 0 saturated carbocycles. The lowest BCUT2D eigenvalue weighted by atomic mass is 10.2. The first-order chi connectivity index (χ1) is 16.2. The molecule has 168 valence electrons. The molecule has 0 aliphatic carbocycles. The van der Waals surface area contributed by atoms with Crippen LogP contribution in [0.5, 0.6) is 11.5 Å². The highest BCUT2D eigenvalue weighted by atomic mass is 32.2. The number of hydrogen-bond acceptors (Lipinski definition) is 7. The average Bonchev–Trinajstić information content (AvgIpc) is 3.28. The number of carbonyl (C=O) groups is 1. The SMILES string of the molecule is CCOc1ccc(-n2c(SCC(=O)Nc3ccccc3OC)nnc2-c2ccncc2)cc1. The molecule has 0 radical (unpaired) electrons. The first kappa shape index (κ1) is 22.3. The number of nitrogens with one attached hydrogen (secondary N) is 1. The second kappa shape index (κ2) is 10.6. The van der Waals surface area contributed by atoms with Crippen LogP contribution in [0.15, 0.2) is 78.2 Å². The number of anilines is 1. The summed E-state index contributed by atoms with van der Waals surface area (Å²) in [6.45, 7) is 2.54. The summed E-state index contributed by atoms with van der Waals surface area (Å²) < 4.78 is 12.8. The molecule has 1 amide bonds. The van der Waals surface area contributed by atoms with Crippen LogP contribution in [0.3, 0.4) is 0 Å². The fraction of sp³-hybridized carbons (Fsp3) is 0.167. The van der Waals surface area contributed by atoms with Crippen LogP contribution in [0.2, 0.25) is 0 Å². The van der Waals surface area contributed by atoms with Gasteiger partial charge in [0.05, 0.1) is 25.2 Å². The summed E-state index contributed by atoms with van der Waals surface area (Å²) in [7, 11) is 1.57. The van der Waals surface area contributed by atoms with Crippen molar-refractivity contribution in [3.05, 3.63) is 73.1 Å². The summed E-state index contributed by atoms with van der Waals surface area (Å²) in [6.07, 6.45) is 3.42. The lowest BCUT2D eigenvalue weighted by molar-refractivity contribution is -0.113. The molecule has 4 aromatic rings. The Bertz CT molecular complexity index is 1210. The largest absolute Gasteiger partial charge is 0.495 e. The van der Waals surface area contributed by atoms with Crippen LogP contribution in [0.4, 0.5) is 5.69 Å². The summed E-state index contributed by atoms with van der Waals surface area (Å²) in [6, 6.07) is 18.7. The van der Waals surface area contributed by atoms with E-state index in [9.17, 15) is 4.79 Å².